The minimum absolute atomic E-state index is 0.123. The van der Waals surface area contributed by atoms with Crippen LogP contribution in [0.3, 0.4) is 0 Å². The van der Waals surface area contributed by atoms with E-state index >= 15 is 0 Å². The number of ether oxygens (including phenoxy) is 2. The van der Waals surface area contributed by atoms with Crippen molar-refractivity contribution >= 4 is 17.6 Å². The molecule has 0 heterocycles. The molecule has 5 nitrogen and oxygen atoms in total. The van der Waals surface area contributed by atoms with Crippen LogP contribution in [0.2, 0.25) is 5.02 Å². The molecular weight excluding hydrogens is 266 g/mol. The van der Waals surface area contributed by atoms with Crippen LogP contribution in [0.4, 0.5) is 0 Å². The largest absolute Gasteiger partial charge is 0.490 e. The van der Waals surface area contributed by atoms with Crippen molar-refractivity contribution in [2.45, 2.75) is 13.0 Å². The zero-order valence-corrected chi connectivity index (χ0v) is 12.0. The molecule has 0 aliphatic heterocycles. The summed E-state index contributed by atoms with van der Waals surface area (Å²) in [6.45, 7) is 3.42. The van der Waals surface area contributed by atoms with E-state index < -0.39 is 0 Å². The van der Waals surface area contributed by atoms with Gasteiger partial charge in [0.15, 0.2) is 5.96 Å². The molecule has 1 rings (SSSR count). The van der Waals surface area contributed by atoms with Gasteiger partial charge in [-0.2, -0.15) is 0 Å². The zero-order chi connectivity index (χ0) is 14.1. The summed E-state index contributed by atoms with van der Waals surface area (Å²) in [6, 6.07) is 7.44. The van der Waals surface area contributed by atoms with Gasteiger partial charge in [-0.05, 0) is 19.1 Å². The molecule has 19 heavy (non-hydrogen) atoms. The molecule has 0 saturated heterocycles. The lowest BCUT2D eigenvalue weighted by atomic mass is 10.3. The molecule has 0 spiro atoms. The molecule has 0 bridgehead atoms. The lowest BCUT2D eigenvalue weighted by Crippen LogP contribution is -2.40. The Kier molecular flexibility index (Phi) is 7.07. The zero-order valence-electron chi connectivity index (χ0n) is 11.2. The van der Waals surface area contributed by atoms with Crippen LogP contribution in [0.1, 0.15) is 6.92 Å². The molecule has 0 aromatic heterocycles. The number of guanidine groups is 1. The third kappa shape index (κ3) is 6.31. The highest BCUT2D eigenvalue weighted by Crippen LogP contribution is 2.22. The number of halogens is 1. The first-order chi connectivity index (χ1) is 9.13. The van der Waals surface area contributed by atoms with Crippen molar-refractivity contribution < 1.29 is 9.47 Å². The fourth-order valence-electron chi connectivity index (χ4n) is 1.47. The molecule has 6 heteroatoms. The first-order valence-electron chi connectivity index (χ1n) is 6.06. The predicted octanol–water partition coefficient (Wildman–Crippen LogP) is 1.66. The number of nitrogens with two attached hydrogens (primary N) is 1. The number of benzene rings is 1. The van der Waals surface area contributed by atoms with Crippen molar-refractivity contribution in [3.63, 3.8) is 0 Å². The third-order valence-corrected chi connectivity index (χ3v) is 2.59. The summed E-state index contributed by atoms with van der Waals surface area (Å²) < 4.78 is 10.5. The standard InChI is InChI=1S/C13H20ClN3O2/c1-10(9-18-2)17-13(15)16-7-8-19-12-6-4-3-5-11(12)14/h3-6,10H,7-9H2,1-2H3,(H3,15,16,17). The minimum atomic E-state index is 0.123. The van der Waals surface area contributed by atoms with E-state index in [1.165, 1.54) is 0 Å². The molecular formula is C13H20ClN3O2. The quantitative estimate of drug-likeness (QED) is 0.454. The highest BCUT2D eigenvalue weighted by Gasteiger charge is 2.01. The SMILES string of the molecule is COCC(C)NC(N)=NCCOc1ccccc1Cl. The summed E-state index contributed by atoms with van der Waals surface area (Å²) in [4.78, 5) is 4.15. The van der Waals surface area contributed by atoms with E-state index in [-0.39, 0.29) is 6.04 Å². The Balaban J connectivity index is 2.28. The molecule has 1 aromatic carbocycles. The minimum Gasteiger partial charge on any atom is -0.490 e. The molecule has 1 unspecified atom stereocenters. The fraction of sp³-hybridized carbons (Fsp3) is 0.462. The van der Waals surface area contributed by atoms with Crippen molar-refractivity contribution in [2.24, 2.45) is 10.7 Å². The average Bonchev–Trinajstić information content (AvgIpc) is 2.36. The van der Waals surface area contributed by atoms with E-state index in [1.807, 2.05) is 25.1 Å². The molecule has 0 amide bonds. The fourth-order valence-corrected chi connectivity index (χ4v) is 1.66. The van der Waals surface area contributed by atoms with Crippen molar-refractivity contribution in [1.29, 1.82) is 0 Å². The van der Waals surface area contributed by atoms with Crippen molar-refractivity contribution in [1.82, 2.24) is 5.32 Å². The van der Waals surface area contributed by atoms with Crippen LogP contribution in [0.25, 0.3) is 0 Å². The summed E-state index contributed by atoms with van der Waals surface area (Å²) in [5.74, 6) is 1.03. The van der Waals surface area contributed by atoms with Gasteiger partial charge in [0.05, 0.1) is 18.2 Å². The van der Waals surface area contributed by atoms with Crippen LogP contribution in [-0.2, 0) is 4.74 Å². The number of hydrogen-bond donors (Lipinski definition) is 2. The van der Waals surface area contributed by atoms with Gasteiger partial charge in [-0.3, -0.25) is 0 Å². The number of para-hydroxylation sites is 1. The first-order valence-corrected chi connectivity index (χ1v) is 6.44. The lowest BCUT2D eigenvalue weighted by Gasteiger charge is -2.13. The Bertz CT molecular complexity index is 413. The van der Waals surface area contributed by atoms with E-state index in [2.05, 4.69) is 10.3 Å². The Labute approximate surface area is 118 Å². The van der Waals surface area contributed by atoms with Gasteiger partial charge in [0.25, 0.3) is 0 Å². The Morgan fingerprint density at radius 1 is 1.47 bits per heavy atom. The topological polar surface area (TPSA) is 68.9 Å². The highest BCUT2D eigenvalue weighted by molar-refractivity contribution is 6.32. The van der Waals surface area contributed by atoms with Crippen LogP contribution < -0.4 is 15.8 Å². The van der Waals surface area contributed by atoms with Crippen LogP contribution in [0.5, 0.6) is 5.75 Å². The van der Waals surface area contributed by atoms with Gasteiger partial charge >= 0.3 is 0 Å². The first kappa shape index (κ1) is 15.6. The summed E-state index contributed by atoms with van der Waals surface area (Å²) in [5.41, 5.74) is 5.72. The van der Waals surface area contributed by atoms with Crippen LogP contribution in [0, 0.1) is 0 Å². The van der Waals surface area contributed by atoms with Gasteiger partial charge in [-0.1, -0.05) is 23.7 Å². The number of rotatable bonds is 7. The van der Waals surface area contributed by atoms with Gasteiger partial charge in [-0.15, -0.1) is 0 Å². The summed E-state index contributed by atoms with van der Waals surface area (Å²) >= 11 is 5.96. The molecule has 0 saturated carbocycles. The average molecular weight is 286 g/mol. The maximum Gasteiger partial charge on any atom is 0.188 e. The Morgan fingerprint density at radius 2 is 2.21 bits per heavy atom. The molecule has 1 atom stereocenters. The number of methoxy groups -OCH3 is 1. The van der Waals surface area contributed by atoms with Gasteiger partial charge in [0.1, 0.15) is 12.4 Å². The summed E-state index contributed by atoms with van der Waals surface area (Å²) in [6.07, 6.45) is 0. The van der Waals surface area contributed by atoms with Gasteiger partial charge < -0.3 is 20.5 Å². The van der Waals surface area contributed by atoms with Crippen LogP contribution >= 0.6 is 11.6 Å². The summed E-state index contributed by atoms with van der Waals surface area (Å²) in [7, 11) is 1.64. The maximum atomic E-state index is 5.96. The van der Waals surface area contributed by atoms with Crippen molar-refractivity contribution in [3.05, 3.63) is 29.3 Å². The van der Waals surface area contributed by atoms with Crippen LogP contribution in [0.15, 0.2) is 29.3 Å². The third-order valence-electron chi connectivity index (χ3n) is 2.28. The maximum absolute atomic E-state index is 5.96. The van der Waals surface area contributed by atoms with Crippen molar-refractivity contribution in [3.8, 4) is 5.75 Å². The normalized spacial score (nSPS) is 13.1. The molecule has 1 aromatic rings. The van der Waals surface area contributed by atoms with Gasteiger partial charge in [0, 0.05) is 13.2 Å². The number of nitrogens with zero attached hydrogens (tertiary/aromatic N) is 1. The molecule has 0 aliphatic carbocycles. The van der Waals surface area contributed by atoms with Crippen LogP contribution in [-0.4, -0.2) is 38.9 Å². The number of aliphatic imine (C=N–C) groups is 1. The predicted molar refractivity (Wildman–Crippen MR) is 77.9 cm³/mol. The van der Waals surface area contributed by atoms with E-state index in [4.69, 9.17) is 26.8 Å². The number of hydrogen-bond acceptors (Lipinski definition) is 3. The van der Waals surface area contributed by atoms with E-state index in [0.717, 1.165) is 0 Å². The molecule has 0 radical (unpaired) electrons. The molecule has 106 valence electrons. The highest BCUT2D eigenvalue weighted by atomic mass is 35.5. The Morgan fingerprint density at radius 3 is 2.89 bits per heavy atom. The van der Waals surface area contributed by atoms with E-state index in [1.54, 1.807) is 13.2 Å². The summed E-state index contributed by atoms with van der Waals surface area (Å²) in [5, 5.41) is 3.60. The second-order valence-corrected chi connectivity index (χ2v) is 4.45. The van der Waals surface area contributed by atoms with Gasteiger partial charge in [-0.25, -0.2) is 4.99 Å². The molecule has 0 aliphatic rings. The van der Waals surface area contributed by atoms with Gasteiger partial charge in [0.2, 0.25) is 0 Å². The Hall–Kier alpha value is -1.46. The van der Waals surface area contributed by atoms with E-state index in [9.17, 15) is 0 Å². The van der Waals surface area contributed by atoms with E-state index in [0.29, 0.717) is 36.5 Å². The second kappa shape index (κ2) is 8.61. The second-order valence-electron chi connectivity index (χ2n) is 4.05. The monoisotopic (exact) mass is 285 g/mol. The lowest BCUT2D eigenvalue weighted by molar-refractivity contribution is 0.179. The molecule has 0 fully saturated rings. The molecule has 3 N–H and O–H groups in total. The van der Waals surface area contributed by atoms with Crippen molar-refractivity contribution in [2.75, 3.05) is 26.9 Å². The number of nitrogens with one attached hydrogen (secondary N) is 1. The smallest absolute Gasteiger partial charge is 0.188 e.